The first-order valence-electron chi connectivity index (χ1n) is 7.05. The maximum atomic E-state index is 3.63. The van der Waals surface area contributed by atoms with Gasteiger partial charge in [0.2, 0.25) is 0 Å². The van der Waals surface area contributed by atoms with Gasteiger partial charge in [-0.1, -0.05) is 40.0 Å². The average Bonchev–Trinajstić information content (AvgIpc) is 2.28. The van der Waals surface area contributed by atoms with Crippen molar-refractivity contribution in [3.05, 3.63) is 0 Å². The summed E-state index contributed by atoms with van der Waals surface area (Å²) in [5, 5.41) is 3.63. The average molecular weight is 243 g/mol. The Hall–Kier alpha value is 0.310. The molecule has 0 spiro atoms. The van der Waals surface area contributed by atoms with Gasteiger partial charge >= 0.3 is 0 Å². The van der Waals surface area contributed by atoms with E-state index >= 15 is 0 Å². The number of hydrogen-bond acceptors (Lipinski definition) is 2. The van der Waals surface area contributed by atoms with E-state index in [4.69, 9.17) is 0 Å². The van der Waals surface area contributed by atoms with E-state index in [0.29, 0.717) is 6.04 Å². The van der Waals surface area contributed by atoms with Gasteiger partial charge in [0.25, 0.3) is 0 Å². The van der Waals surface area contributed by atoms with Gasteiger partial charge in [-0.05, 0) is 42.7 Å². The van der Waals surface area contributed by atoms with E-state index in [1.807, 2.05) is 0 Å². The van der Waals surface area contributed by atoms with Crippen LogP contribution in [-0.2, 0) is 0 Å². The Morgan fingerprint density at radius 2 is 1.88 bits per heavy atom. The van der Waals surface area contributed by atoms with E-state index in [-0.39, 0.29) is 0 Å². The van der Waals surface area contributed by atoms with Crippen LogP contribution in [-0.4, -0.2) is 24.1 Å². The summed E-state index contributed by atoms with van der Waals surface area (Å²) < 4.78 is 0. The van der Waals surface area contributed by atoms with Crippen LogP contribution in [0.5, 0.6) is 0 Å². The molecule has 0 aromatic carbocycles. The van der Waals surface area contributed by atoms with Crippen molar-refractivity contribution in [2.45, 2.75) is 58.9 Å². The molecule has 16 heavy (non-hydrogen) atoms. The lowest BCUT2D eigenvalue weighted by molar-refractivity contribution is 0.221. The molecule has 0 heterocycles. The van der Waals surface area contributed by atoms with Gasteiger partial charge in [0, 0.05) is 6.04 Å². The Bertz CT molecular complexity index is 170. The number of thioether (sulfide) groups is 1. The zero-order chi connectivity index (χ0) is 11.8. The van der Waals surface area contributed by atoms with Crippen molar-refractivity contribution in [3.8, 4) is 0 Å². The summed E-state index contributed by atoms with van der Waals surface area (Å²) in [6.07, 6.45) is 7.32. The van der Waals surface area contributed by atoms with Gasteiger partial charge in [-0.25, -0.2) is 0 Å². The van der Waals surface area contributed by atoms with Crippen LogP contribution in [0.2, 0.25) is 0 Å². The molecular weight excluding hydrogens is 214 g/mol. The molecule has 2 unspecified atom stereocenters. The van der Waals surface area contributed by atoms with Crippen molar-refractivity contribution < 1.29 is 0 Å². The lowest BCUT2D eigenvalue weighted by Crippen LogP contribution is -2.34. The molecule has 0 aliphatic heterocycles. The first-order chi connectivity index (χ1) is 7.74. The molecule has 1 N–H and O–H groups in total. The minimum atomic E-state index is 0.646. The standard InChI is InChI=1S/C14H29NS/c1-4-16-10-9-13-7-5-6-8-14(13)11-15-12(2)3/h12-15H,4-11H2,1-3H3. The summed E-state index contributed by atoms with van der Waals surface area (Å²) in [7, 11) is 0. The van der Waals surface area contributed by atoms with Crippen LogP contribution in [0.3, 0.4) is 0 Å². The zero-order valence-corrected chi connectivity index (χ0v) is 12.1. The first kappa shape index (κ1) is 14.4. The second-order valence-electron chi connectivity index (χ2n) is 5.35. The highest BCUT2D eigenvalue weighted by Gasteiger charge is 2.24. The van der Waals surface area contributed by atoms with Crippen molar-refractivity contribution in [2.24, 2.45) is 11.8 Å². The molecule has 0 amide bonds. The van der Waals surface area contributed by atoms with Crippen LogP contribution in [0.1, 0.15) is 52.9 Å². The Labute approximate surface area is 106 Å². The van der Waals surface area contributed by atoms with E-state index in [1.165, 1.54) is 50.2 Å². The van der Waals surface area contributed by atoms with Crippen LogP contribution in [0, 0.1) is 11.8 Å². The fraction of sp³-hybridized carbons (Fsp3) is 1.00. The summed E-state index contributed by atoms with van der Waals surface area (Å²) in [5.74, 6) is 4.61. The molecule has 1 aliphatic rings. The second-order valence-corrected chi connectivity index (χ2v) is 6.75. The molecule has 1 aliphatic carbocycles. The molecule has 96 valence electrons. The predicted octanol–water partition coefficient (Wildman–Crippen LogP) is 3.93. The van der Waals surface area contributed by atoms with Crippen molar-refractivity contribution in [1.29, 1.82) is 0 Å². The fourth-order valence-electron chi connectivity index (χ4n) is 2.70. The van der Waals surface area contributed by atoms with Crippen molar-refractivity contribution in [2.75, 3.05) is 18.1 Å². The third-order valence-corrected chi connectivity index (χ3v) is 4.62. The monoisotopic (exact) mass is 243 g/mol. The third-order valence-electron chi connectivity index (χ3n) is 3.69. The van der Waals surface area contributed by atoms with Crippen LogP contribution >= 0.6 is 11.8 Å². The lowest BCUT2D eigenvalue weighted by Gasteiger charge is -2.32. The maximum Gasteiger partial charge on any atom is 0.00104 e. The SMILES string of the molecule is CCSCCC1CCCCC1CNC(C)C. The smallest absolute Gasteiger partial charge is 0.00104 e. The topological polar surface area (TPSA) is 12.0 Å². The molecule has 2 atom stereocenters. The van der Waals surface area contributed by atoms with Crippen molar-refractivity contribution >= 4 is 11.8 Å². The van der Waals surface area contributed by atoms with Gasteiger partial charge in [0.1, 0.15) is 0 Å². The first-order valence-corrected chi connectivity index (χ1v) is 8.20. The number of hydrogen-bond donors (Lipinski definition) is 1. The Balaban J connectivity index is 2.26. The highest BCUT2D eigenvalue weighted by molar-refractivity contribution is 7.99. The van der Waals surface area contributed by atoms with Crippen LogP contribution in [0.25, 0.3) is 0 Å². The molecule has 1 fully saturated rings. The van der Waals surface area contributed by atoms with E-state index in [9.17, 15) is 0 Å². The van der Waals surface area contributed by atoms with Gasteiger partial charge in [0.05, 0.1) is 0 Å². The minimum absolute atomic E-state index is 0.646. The Morgan fingerprint density at radius 3 is 2.50 bits per heavy atom. The van der Waals surface area contributed by atoms with Gasteiger partial charge in [0.15, 0.2) is 0 Å². The highest BCUT2D eigenvalue weighted by Crippen LogP contribution is 2.32. The molecular formula is C14H29NS. The quantitative estimate of drug-likeness (QED) is 0.680. The summed E-state index contributed by atoms with van der Waals surface area (Å²) in [6, 6.07) is 0.646. The molecule has 1 rings (SSSR count). The van der Waals surface area contributed by atoms with E-state index in [0.717, 1.165) is 11.8 Å². The molecule has 0 aromatic rings. The lowest BCUT2D eigenvalue weighted by atomic mass is 9.78. The van der Waals surface area contributed by atoms with Gasteiger partial charge < -0.3 is 5.32 Å². The number of rotatable bonds is 7. The molecule has 0 bridgehead atoms. The summed E-state index contributed by atoms with van der Waals surface area (Å²) in [6.45, 7) is 8.03. The van der Waals surface area contributed by atoms with E-state index in [2.05, 4.69) is 37.8 Å². The van der Waals surface area contributed by atoms with Gasteiger partial charge in [-0.15, -0.1) is 0 Å². The summed E-state index contributed by atoms with van der Waals surface area (Å²) in [5.41, 5.74) is 0. The van der Waals surface area contributed by atoms with Gasteiger partial charge in [-0.3, -0.25) is 0 Å². The Kier molecular flexibility index (Phi) is 7.55. The normalized spacial score (nSPS) is 26.2. The summed E-state index contributed by atoms with van der Waals surface area (Å²) >= 11 is 2.11. The fourth-order valence-corrected chi connectivity index (χ4v) is 3.46. The molecule has 0 radical (unpaired) electrons. The van der Waals surface area contributed by atoms with Crippen LogP contribution < -0.4 is 5.32 Å². The van der Waals surface area contributed by atoms with Gasteiger partial charge in [-0.2, -0.15) is 11.8 Å². The van der Waals surface area contributed by atoms with E-state index < -0.39 is 0 Å². The predicted molar refractivity (Wildman–Crippen MR) is 76.2 cm³/mol. The molecule has 2 heteroatoms. The van der Waals surface area contributed by atoms with E-state index in [1.54, 1.807) is 0 Å². The Morgan fingerprint density at radius 1 is 1.19 bits per heavy atom. The maximum absolute atomic E-state index is 3.63. The van der Waals surface area contributed by atoms with Crippen molar-refractivity contribution in [3.63, 3.8) is 0 Å². The molecule has 1 nitrogen and oxygen atoms in total. The highest BCUT2D eigenvalue weighted by atomic mass is 32.2. The molecule has 0 saturated heterocycles. The van der Waals surface area contributed by atoms with Crippen LogP contribution in [0.15, 0.2) is 0 Å². The molecule has 1 saturated carbocycles. The zero-order valence-electron chi connectivity index (χ0n) is 11.3. The van der Waals surface area contributed by atoms with Crippen molar-refractivity contribution in [1.82, 2.24) is 5.32 Å². The minimum Gasteiger partial charge on any atom is -0.314 e. The largest absolute Gasteiger partial charge is 0.314 e. The molecule has 0 aromatic heterocycles. The second kappa shape index (κ2) is 8.41. The van der Waals surface area contributed by atoms with Crippen LogP contribution in [0.4, 0.5) is 0 Å². The third kappa shape index (κ3) is 5.58. The summed E-state index contributed by atoms with van der Waals surface area (Å²) in [4.78, 5) is 0. The number of nitrogens with one attached hydrogen (secondary N) is 1.